The molecule has 116 valence electrons. The average molecular weight is 286 g/mol. The van der Waals surface area contributed by atoms with E-state index in [4.69, 9.17) is 0 Å². The maximum atomic E-state index is 12.2. The summed E-state index contributed by atoms with van der Waals surface area (Å²) < 4.78 is 0. The van der Waals surface area contributed by atoms with Crippen LogP contribution in [0.3, 0.4) is 0 Å². The highest BCUT2D eigenvalue weighted by molar-refractivity contribution is 5.89. The van der Waals surface area contributed by atoms with E-state index in [9.17, 15) is 19.8 Å². The minimum Gasteiger partial charge on any atom is -0.388 e. The summed E-state index contributed by atoms with van der Waals surface area (Å²) in [6.45, 7) is 5.80. The van der Waals surface area contributed by atoms with Gasteiger partial charge in [0.05, 0.1) is 12.6 Å². The largest absolute Gasteiger partial charge is 0.388 e. The lowest BCUT2D eigenvalue weighted by atomic mass is 10.1. The zero-order valence-corrected chi connectivity index (χ0v) is 12.5. The van der Waals surface area contributed by atoms with Gasteiger partial charge in [-0.2, -0.15) is 0 Å². The monoisotopic (exact) mass is 286 g/mol. The Morgan fingerprint density at radius 2 is 1.95 bits per heavy atom. The molecular weight excluding hydrogens is 260 g/mol. The van der Waals surface area contributed by atoms with E-state index in [-0.39, 0.29) is 24.4 Å². The molecule has 6 heteroatoms. The smallest absolute Gasteiger partial charge is 0.245 e. The van der Waals surface area contributed by atoms with E-state index in [0.717, 1.165) is 12.8 Å². The van der Waals surface area contributed by atoms with Gasteiger partial charge in [-0.25, -0.2) is 0 Å². The van der Waals surface area contributed by atoms with Crippen LogP contribution in [-0.4, -0.2) is 57.8 Å². The summed E-state index contributed by atoms with van der Waals surface area (Å²) in [5, 5.41) is 22.5. The van der Waals surface area contributed by atoms with Gasteiger partial charge in [-0.3, -0.25) is 9.59 Å². The average Bonchev–Trinajstić information content (AvgIpc) is 2.66. The van der Waals surface area contributed by atoms with E-state index in [0.29, 0.717) is 12.8 Å². The molecule has 0 aliphatic carbocycles. The molecule has 1 fully saturated rings. The minimum atomic E-state index is -1.22. The molecule has 1 aliphatic heterocycles. The Labute approximate surface area is 120 Å². The van der Waals surface area contributed by atoms with Crippen LogP contribution >= 0.6 is 0 Å². The first-order chi connectivity index (χ1) is 9.42. The van der Waals surface area contributed by atoms with Gasteiger partial charge in [-0.15, -0.1) is 0 Å². The summed E-state index contributed by atoms with van der Waals surface area (Å²) in [5.41, 5.74) is 0. The maximum absolute atomic E-state index is 12.2. The van der Waals surface area contributed by atoms with E-state index >= 15 is 0 Å². The number of aliphatic hydroxyl groups excluding tert-OH is 2. The van der Waals surface area contributed by atoms with Gasteiger partial charge in [0.15, 0.2) is 0 Å². The van der Waals surface area contributed by atoms with Crippen molar-refractivity contribution in [3.05, 3.63) is 0 Å². The third-order valence-corrected chi connectivity index (χ3v) is 3.60. The predicted molar refractivity (Wildman–Crippen MR) is 74.9 cm³/mol. The summed E-state index contributed by atoms with van der Waals surface area (Å²) in [5.74, 6) is -0.592. The number of β-amino-alcohol motifs (C(OH)–C–C–N with tert-alkyl or cyclic N) is 1. The molecule has 2 amide bonds. The quantitative estimate of drug-likeness (QED) is 0.642. The second-order valence-electron chi connectivity index (χ2n) is 5.50. The highest BCUT2D eigenvalue weighted by atomic mass is 16.3. The van der Waals surface area contributed by atoms with Crippen LogP contribution in [0.25, 0.3) is 0 Å². The summed E-state index contributed by atoms with van der Waals surface area (Å²) in [6, 6.07) is -0.996. The molecule has 1 heterocycles. The van der Waals surface area contributed by atoms with Crippen molar-refractivity contribution in [2.45, 2.75) is 70.7 Å². The van der Waals surface area contributed by atoms with Gasteiger partial charge in [0.2, 0.25) is 11.8 Å². The fourth-order valence-corrected chi connectivity index (χ4v) is 2.56. The van der Waals surface area contributed by atoms with Gasteiger partial charge >= 0.3 is 0 Å². The van der Waals surface area contributed by atoms with Gasteiger partial charge in [-0.05, 0) is 19.8 Å². The number of nitrogens with zero attached hydrogens (tertiary/aromatic N) is 1. The third kappa shape index (κ3) is 3.93. The number of carbonyl (C=O) groups is 2. The predicted octanol–water partition coefficient (Wildman–Crippen LogP) is 0.0239. The molecule has 0 saturated carbocycles. The lowest BCUT2D eigenvalue weighted by Gasteiger charge is -2.26. The van der Waals surface area contributed by atoms with Crippen LogP contribution in [-0.2, 0) is 9.59 Å². The fraction of sp³-hybridized carbons (Fsp3) is 0.857. The first-order valence-electron chi connectivity index (χ1n) is 7.38. The van der Waals surface area contributed by atoms with Gasteiger partial charge in [-0.1, -0.05) is 20.3 Å². The normalized spacial score (nSPS) is 27.4. The standard InChI is InChI=1S/C14H26N2O4/c1-4-6-9(3)15-14(20)12-13(19)10(17)8-16(12)11(18)7-5-2/h9-10,12-13,17,19H,4-8H2,1-3H3,(H,15,20)/t9?,10-,12?,13+/m0/s1. The van der Waals surface area contributed by atoms with Gasteiger partial charge in [0.25, 0.3) is 0 Å². The molecule has 20 heavy (non-hydrogen) atoms. The molecule has 2 unspecified atom stereocenters. The number of hydrogen-bond acceptors (Lipinski definition) is 4. The molecule has 1 saturated heterocycles. The number of hydrogen-bond donors (Lipinski definition) is 3. The van der Waals surface area contributed by atoms with Gasteiger partial charge in [0.1, 0.15) is 12.1 Å². The van der Waals surface area contributed by atoms with Crippen molar-refractivity contribution in [2.24, 2.45) is 0 Å². The number of aliphatic hydroxyl groups is 2. The van der Waals surface area contributed by atoms with E-state index in [1.54, 1.807) is 0 Å². The molecule has 3 N–H and O–H groups in total. The summed E-state index contributed by atoms with van der Waals surface area (Å²) in [7, 11) is 0. The molecule has 0 aromatic heterocycles. The van der Waals surface area contributed by atoms with Crippen LogP contribution in [0.1, 0.15) is 46.5 Å². The van der Waals surface area contributed by atoms with E-state index in [2.05, 4.69) is 5.32 Å². The first-order valence-corrected chi connectivity index (χ1v) is 7.38. The third-order valence-electron chi connectivity index (χ3n) is 3.60. The van der Waals surface area contributed by atoms with Crippen molar-refractivity contribution >= 4 is 11.8 Å². The Hall–Kier alpha value is -1.14. The Kier molecular flexibility index (Phi) is 6.42. The summed E-state index contributed by atoms with van der Waals surface area (Å²) in [4.78, 5) is 25.5. The number of amides is 2. The maximum Gasteiger partial charge on any atom is 0.245 e. The first kappa shape index (κ1) is 16.9. The van der Waals surface area contributed by atoms with Crippen LogP contribution in [0.15, 0.2) is 0 Å². The van der Waals surface area contributed by atoms with Crippen molar-refractivity contribution in [3.63, 3.8) is 0 Å². The number of rotatable bonds is 6. The van der Waals surface area contributed by atoms with E-state index < -0.39 is 18.2 Å². The highest BCUT2D eigenvalue weighted by Crippen LogP contribution is 2.20. The van der Waals surface area contributed by atoms with Gasteiger partial charge < -0.3 is 20.4 Å². The van der Waals surface area contributed by atoms with Crippen LogP contribution in [0.2, 0.25) is 0 Å². The second-order valence-corrected chi connectivity index (χ2v) is 5.50. The molecule has 0 aromatic carbocycles. The van der Waals surface area contributed by atoms with Crippen molar-refractivity contribution in [1.29, 1.82) is 0 Å². The van der Waals surface area contributed by atoms with Crippen LogP contribution in [0, 0.1) is 0 Å². The summed E-state index contributed by atoms with van der Waals surface area (Å²) in [6.07, 6.45) is 0.476. The minimum absolute atomic E-state index is 0.0134. The molecule has 4 atom stereocenters. The Morgan fingerprint density at radius 3 is 2.50 bits per heavy atom. The fourth-order valence-electron chi connectivity index (χ4n) is 2.56. The van der Waals surface area contributed by atoms with Crippen molar-refractivity contribution in [3.8, 4) is 0 Å². The zero-order chi connectivity index (χ0) is 15.3. The zero-order valence-electron chi connectivity index (χ0n) is 12.5. The number of likely N-dealkylation sites (tertiary alicyclic amines) is 1. The van der Waals surface area contributed by atoms with Crippen molar-refractivity contribution in [1.82, 2.24) is 10.2 Å². The van der Waals surface area contributed by atoms with Crippen LogP contribution in [0.5, 0.6) is 0 Å². The lowest BCUT2D eigenvalue weighted by molar-refractivity contribution is -0.141. The molecule has 6 nitrogen and oxygen atoms in total. The molecular formula is C14H26N2O4. The van der Waals surface area contributed by atoms with Crippen LogP contribution < -0.4 is 5.32 Å². The Balaban J connectivity index is 2.76. The molecule has 0 aromatic rings. The van der Waals surface area contributed by atoms with Crippen LogP contribution in [0.4, 0.5) is 0 Å². The van der Waals surface area contributed by atoms with E-state index in [1.165, 1.54) is 4.90 Å². The second kappa shape index (κ2) is 7.59. The SMILES string of the molecule is CCCC(=O)N1C[C@H](O)[C@@H](O)C1C(=O)NC(C)CCC. The molecule has 0 radical (unpaired) electrons. The molecule has 0 spiro atoms. The molecule has 1 aliphatic rings. The van der Waals surface area contributed by atoms with Crippen molar-refractivity contribution in [2.75, 3.05) is 6.54 Å². The number of nitrogens with one attached hydrogen (secondary N) is 1. The topological polar surface area (TPSA) is 89.9 Å². The lowest BCUT2D eigenvalue weighted by Crippen LogP contribution is -2.52. The molecule has 0 bridgehead atoms. The number of carbonyl (C=O) groups excluding carboxylic acids is 2. The Bertz CT molecular complexity index is 348. The van der Waals surface area contributed by atoms with E-state index in [1.807, 2.05) is 20.8 Å². The molecule has 1 rings (SSSR count). The van der Waals surface area contributed by atoms with Crippen molar-refractivity contribution < 1.29 is 19.8 Å². The highest BCUT2D eigenvalue weighted by Gasteiger charge is 2.46. The Morgan fingerprint density at radius 1 is 1.30 bits per heavy atom. The van der Waals surface area contributed by atoms with Gasteiger partial charge in [0, 0.05) is 12.5 Å². The summed E-state index contributed by atoms with van der Waals surface area (Å²) >= 11 is 0.